The molecule has 142 valence electrons. The number of nitrogens with zero attached hydrogens (tertiary/aromatic N) is 1. The number of hydrogen-bond acceptors (Lipinski definition) is 3. The monoisotopic (exact) mass is 385 g/mol. The molecule has 0 saturated heterocycles. The third-order valence-corrected chi connectivity index (χ3v) is 6.60. The van der Waals surface area contributed by atoms with Gasteiger partial charge in [0, 0.05) is 18.1 Å². The zero-order valence-electron chi connectivity index (χ0n) is 15.3. The van der Waals surface area contributed by atoms with Crippen LogP contribution in [0.2, 0.25) is 0 Å². The number of aromatic nitrogens is 1. The summed E-state index contributed by atoms with van der Waals surface area (Å²) in [5.74, 6) is 0. The van der Waals surface area contributed by atoms with Gasteiger partial charge in [0.15, 0.2) is 0 Å². The van der Waals surface area contributed by atoms with Gasteiger partial charge in [-0.15, -0.1) is 0 Å². The first-order valence-corrected chi connectivity index (χ1v) is 10.6. The summed E-state index contributed by atoms with van der Waals surface area (Å²) in [6, 6.07) is 3.19. The number of amides is 2. The Hall–Kier alpha value is -2.54. The highest BCUT2D eigenvalue weighted by Crippen LogP contribution is 2.38. The molecule has 2 N–H and O–H groups in total. The van der Waals surface area contributed by atoms with Gasteiger partial charge >= 0.3 is 16.2 Å². The molecule has 0 bridgehead atoms. The Morgan fingerprint density at radius 1 is 1.11 bits per heavy atom. The molecule has 2 amide bonds. The van der Waals surface area contributed by atoms with Gasteiger partial charge in [0.2, 0.25) is 0 Å². The highest BCUT2D eigenvalue weighted by Gasteiger charge is 2.26. The number of anilines is 1. The Morgan fingerprint density at radius 3 is 2.30 bits per heavy atom. The van der Waals surface area contributed by atoms with E-state index in [0.29, 0.717) is 5.56 Å². The molecule has 4 rings (SSSR count). The van der Waals surface area contributed by atoms with Crippen LogP contribution in [0.5, 0.6) is 0 Å². The summed E-state index contributed by atoms with van der Waals surface area (Å²) in [4.78, 5) is 12.5. The predicted octanol–water partition coefficient (Wildman–Crippen LogP) is 3.41. The van der Waals surface area contributed by atoms with Gasteiger partial charge in [-0.2, -0.15) is 8.42 Å². The van der Waals surface area contributed by atoms with Gasteiger partial charge in [-0.25, -0.2) is 13.5 Å². The fraction of sp³-hybridized carbons (Fsp3) is 0.350. The molecule has 0 fully saturated rings. The number of aryl methyl sites for hydroxylation is 2. The van der Waals surface area contributed by atoms with Crippen molar-refractivity contribution in [2.75, 3.05) is 5.32 Å². The van der Waals surface area contributed by atoms with Crippen molar-refractivity contribution in [1.82, 2.24) is 8.69 Å². The van der Waals surface area contributed by atoms with Gasteiger partial charge in [0.05, 0.1) is 0 Å². The van der Waals surface area contributed by atoms with Crippen LogP contribution in [0.3, 0.4) is 0 Å². The van der Waals surface area contributed by atoms with E-state index in [1.54, 1.807) is 13.0 Å². The maximum absolute atomic E-state index is 12.5. The van der Waals surface area contributed by atoms with E-state index in [-0.39, 0.29) is 0 Å². The third kappa shape index (κ3) is 3.27. The van der Waals surface area contributed by atoms with Crippen LogP contribution in [0.1, 0.15) is 47.6 Å². The zero-order valence-corrected chi connectivity index (χ0v) is 16.2. The Balaban J connectivity index is 1.57. The minimum absolute atomic E-state index is 0.708. The lowest BCUT2D eigenvalue weighted by atomic mass is 9.99. The van der Waals surface area contributed by atoms with Crippen molar-refractivity contribution in [3.63, 3.8) is 0 Å². The second kappa shape index (κ2) is 6.56. The van der Waals surface area contributed by atoms with E-state index in [1.807, 2.05) is 0 Å². The van der Waals surface area contributed by atoms with Crippen molar-refractivity contribution in [3.8, 4) is 0 Å². The number of rotatable bonds is 4. The SMILES string of the molecule is C=C(C)c1ccn(S(=O)(=O)NC(=O)Nc2c3c(cc4c2CCC4)CCC3)c1. The minimum Gasteiger partial charge on any atom is -0.307 e. The second-order valence-electron chi connectivity index (χ2n) is 7.31. The number of fused-ring (bicyclic) bond motifs is 2. The van der Waals surface area contributed by atoms with Crippen molar-refractivity contribution in [1.29, 1.82) is 0 Å². The quantitative estimate of drug-likeness (QED) is 0.846. The summed E-state index contributed by atoms with van der Waals surface area (Å²) in [5, 5.41) is 2.84. The van der Waals surface area contributed by atoms with Gasteiger partial charge < -0.3 is 5.32 Å². The number of hydrogen-bond donors (Lipinski definition) is 2. The summed E-state index contributed by atoms with van der Waals surface area (Å²) in [6.07, 6.45) is 8.86. The largest absolute Gasteiger partial charge is 0.334 e. The van der Waals surface area contributed by atoms with E-state index in [1.165, 1.54) is 23.5 Å². The smallest absolute Gasteiger partial charge is 0.307 e. The molecule has 0 spiro atoms. The first-order chi connectivity index (χ1) is 12.8. The average Bonchev–Trinajstić information content (AvgIpc) is 3.34. The van der Waals surface area contributed by atoms with E-state index in [0.717, 1.165) is 64.9 Å². The molecule has 6 nitrogen and oxygen atoms in total. The minimum atomic E-state index is -4.01. The van der Waals surface area contributed by atoms with Crippen molar-refractivity contribution in [3.05, 3.63) is 58.9 Å². The lowest BCUT2D eigenvalue weighted by Gasteiger charge is -2.16. The maximum atomic E-state index is 12.5. The van der Waals surface area contributed by atoms with E-state index in [2.05, 4.69) is 22.7 Å². The zero-order chi connectivity index (χ0) is 19.2. The maximum Gasteiger partial charge on any atom is 0.334 e. The topological polar surface area (TPSA) is 80.2 Å². The van der Waals surface area contributed by atoms with Gasteiger partial charge in [0.1, 0.15) is 0 Å². The number of benzene rings is 1. The molecule has 1 aromatic carbocycles. The van der Waals surface area contributed by atoms with Crippen LogP contribution in [-0.4, -0.2) is 18.4 Å². The molecule has 0 atom stereocenters. The van der Waals surface area contributed by atoms with Crippen molar-refractivity contribution in [2.45, 2.75) is 45.4 Å². The summed E-state index contributed by atoms with van der Waals surface area (Å²) in [7, 11) is -4.01. The molecule has 2 aliphatic rings. The molecular weight excluding hydrogens is 362 g/mol. The molecule has 0 aliphatic heterocycles. The molecule has 2 aromatic rings. The lowest BCUT2D eigenvalue weighted by molar-refractivity contribution is 0.256. The molecule has 7 heteroatoms. The molecular formula is C20H23N3O3S. The summed E-state index contributed by atoms with van der Waals surface area (Å²) < 4.78 is 28.1. The summed E-state index contributed by atoms with van der Waals surface area (Å²) in [5.41, 5.74) is 7.17. The van der Waals surface area contributed by atoms with E-state index < -0.39 is 16.2 Å². The Labute approximate surface area is 159 Å². The van der Waals surface area contributed by atoms with Crippen molar-refractivity contribution in [2.24, 2.45) is 0 Å². The number of carbonyl (C=O) groups excluding carboxylic acids is 1. The molecule has 0 radical (unpaired) electrons. The van der Waals surface area contributed by atoms with Gasteiger partial charge in [-0.05, 0) is 84.9 Å². The fourth-order valence-corrected chi connectivity index (χ4v) is 4.92. The Bertz CT molecular complexity index is 1020. The van der Waals surface area contributed by atoms with Crippen LogP contribution in [0.4, 0.5) is 10.5 Å². The lowest BCUT2D eigenvalue weighted by Crippen LogP contribution is -2.38. The van der Waals surface area contributed by atoms with Gasteiger partial charge in [0.25, 0.3) is 0 Å². The van der Waals surface area contributed by atoms with Crippen LogP contribution < -0.4 is 10.0 Å². The second-order valence-corrected chi connectivity index (χ2v) is 8.88. The van der Waals surface area contributed by atoms with E-state index in [9.17, 15) is 13.2 Å². The number of allylic oxidation sites excluding steroid dienone is 1. The standard InChI is InChI=1S/C20H23N3O3S/c1-13(2)16-9-10-23(12-16)27(25,26)22-20(24)21-19-17-7-3-5-14(17)11-15-6-4-8-18(15)19/h9-12H,1,3-8H2,2H3,(H2,21,22,24). The molecule has 1 aromatic heterocycles. The fourth-order valence-electron chi connectivity index (χ4n) is 4.05. The number of nitrogens with one attached hydrogen (secondary N) is 2. The van der Waals surface area contributed by atoms with Crippen LogP contribution in [-0.2, 0) is 35.9 Å². The van der Waals surface area contributed by atoms with Crippen LogP contribution in [0.15, 0.2) is 31.1 Å². The Kier molecular flexibility index (Phi) is 4.34. The van der Waals surface area contributed by atoms with Crippen LogP contribution in [0.25, 0.3) is 5.57 Å². The molecule has 1 heterocycles. The van der Waals surface area contributed by atoms with E-state index >= 15 is 0 Å². The van der Waals surface area contributed by atoms with Gasteiger partial charge in [-0.3, -0.25) is 0 Å². The van der Waals surface area contributed by atoms with Crippen LogP contribution in [0, 0.1) is 0 Å². The van der Waals surface area contributed by atoms with Gasteiger partial charge in [-0.1, -0.05) is 12.6 Å². The number of urea groups is 1. The van der Waals surface area contributed by atoms with Crippen LogP contribution >= 0.6 is 0 Å². The highest BCUT2D eigenvalue weighted by atomic mass is 32.2. The van der Waals surface area contributed by atoms with E-state index in [4.69, 9.17) is 0 Å². The molecule has 2 aliphatic carbocycles. The first kappa shape index (κ1) is 17.9. The predicted molar refractivity (Wildman–Crippen MR) is 106 cm³/mol. The Morgan fingerprint density at radius 2 is 1.74 bits per heavy atom. The summed E-state index contributed by atoms with van der Waals surface area (Å²) >= 11 is 0. The third-order valence-electron chi connectivity index (χ3n) is 5.37. The van der Waals surface area contributed by atoms with Crippen molar-refractivity contribution >= 4 is 27.5 Å². The molecule has 0 saturated carbocycles. The van der Waals surface area contributed by atoms with Crippen molar-refractivity contribution < 1.29 is 13.2 Å². The molecule has 0 unspecified atom stereocenters. The normalized spacial score (nSPS) is 15.3. The first-order valence-electron chi connectivity index (χ1n) is 9.20. The average molecular weight is 385 g/mol. The number of carbonyl (C=O) groups is 1. The summed E-state index contributed by atoms with van der Waals surface area (Å²) in [6.45, 7) is 5.59. The highest BCUT2D eigenvalue weighted by molar-refractivity contribution is 7.88. The molecule has 27 heavy (non-hydrogen) atoms.